The van der Waals surface area contributed by atoms with Crippen LogP contribution in [0, 0.1) is 18.3 Å². The first-order chi connectivity index (χ1) is 16.5. The first-order valence-electron chi connectivity index (χ1n) is 11.1. The number of pyridine rings is 1. The number of aliphatic hydroxyl groups is 1. The molecule has 2 aromatic carbocycles. The Morgan fingerprint density at radius 2 is 1.82 bits per heavy atom. The van der Waals surface area contributed by atoms with Gasteiger partial charge in [-0.2, -0.15) is 5.26 Å². The largest absolute Gasteiger partial charge is 0.493 e. The molecule has 0 aliphatic carbocycles. The van der Waals surface area contributed by atoms with Crippen molar-refractivity contribution in [2.75, 3.05) is 27.3 Å². The van der Waals surface area contributed by atoms with E-state index >= 15 is 0 Å². The minimum Gasteiger partial charge on any atom is -0.493 e. The predicted octanol–water partition coefficient (Wildman–Crippen LogP) is 2.64. The second-order valence-electron chi connectivity index (χ2n) is 8.21. The highest BCUT2D eigenvalue weighted by atomic mass is 16.5. The van der Waals surface area contributed by atoms with Gasteiger partial charge in [0, 0.05) is 12.6 Å². The number of aliphatic hydroxyl groups excluding tert-OH is 1. The van der Waals surface area contributed by atoms with Gasteiger partial charge in [-0.15, -0.1) is 0 Å². The van der Waals surface area contributed by atoms with Crippen LogP contribution in [0.25, 0.3) is 16.7 Å². The van der Waals surface area contributed by atoms with E-state index in [-0.39, 0.29) is 12.1 Å². The molecular formula is C26H28N4O4. The van der Waals surface area contributed by atoms with Crippen molar-refractivity contribution >= 4 is 16.7 Å². The molecule has 2 heterocycles. The number of para-hydroxylation sites is 2. The maximum absolute atomic E-state index is 12.8. The molecule has 0 saturated carbocycles. The van der Waals surface area contributed by atoms with Gasteiger partial charge in [0.25, 0.3) is 5.56 Å². The summed E-state index contributed by atoms with van der Waals surface area (Å²) in [5.74, 6) is 1.37. The summed E-state index contributed by atoms with van der Waals surface area (Å²) in [6.45, 7) is 3.04. The molecule has 176 valence electrons. The number of rotatable bonds is 9. The number of fused-ring (bicyclic) bond motifs is 3. The highest BCUT2D eigenvalue weighted by molar-refractivity contribution is 5.84. The van der Waals surface area contributed by atoms with Crippen LogP contribution in [-0.4, -0.2) is 47.5 Å². The average Bonchev–Trinajstić information content (AvgIpc) is 3.16. The van der Waals surface area contributed by atoms with Crippen LogP contribution in [0.4, 0.5) is 0 Å². The SMILES string of the molecule is COc1ccc(CCNCC(O)Cn2c3ccccc3n3c(=O)cc(C)c(C#N)c23)cc1OC. The number of aryl methyl sites for hydroxylation is 1. The summed E-state index contributed by atoms with van der Waals surface area (Å²) in [5, 5.41) is 23.9. The Morgan fingerprint density at radius 1 is 1.09 bits per heavy atom. The van der Waals surface area contributed by atoms with Gasteiger partial charge in [0.1, 0.15) is 11.7 Å². The number of imidazole rings is 1. The normalized spacial score (nSPS) is 12.1. The van der Waals surface area contributed by atoms with Gasteiger partial charge >= 0.3 is 0 Å². The van der Waals surface area contributed by atoms with Crippen LogP contribution < -0.4 is 20.3 Å². The number of nitrogens with one attached hydrogen (secondary N) is 1. The van der Waals surface area contributed by atoms with E-state index in [0.717, 1.165) is 17.5 Å². The Morgan fingerprint density at radius 3 is 2.53 bits per heavy atom. The summed E-state index contributed by atoms with van der Waals surface area (Å²) < 4.78 is 14.0. The molecule has 0 spiro atoms. The first kappa shape index (κ1) is 23.4. The molecule has 0 saturated heterocycles. The Hall–Kier alpha value is -3.80. The van der Waals surface area contributed by atoms with Crippen LogP contribution in [0.15, 0.2) is 53.3 Å². The molecule has 0 amide bonds. The molecule has 4 rings (SSSR count). The molecule has 1 atom stereocenters. The van der Waals surface area contributed by atoms with Gasteiger partial charge in [-0.1, -0.05) is 18.2 Å². The van der Waals surface area contributed by atoms with Crippen LogP contribution in [-0.2, 0) is 13.0 Å². The maximum Gasteiger partial charge on any atom is 0.257 e. The van der Waals surface area contributed by atoms with Crippen molar-refractivity contribution in [3.05, 3.63) is 75.6 Å². The van der Waals surface area contributed by atoms with Crippen molar-refractivity contribution in [1.82, 2.24) is 14.3 Å². The smallest absolute Gasteiger partial charge is 0.257 e. The van der Waals surface area contributed by atoms with E-state index in [0.29, 0.717) is 46.9 Å². The van der Waals surface area contributed by atoms with Gasteiger partial charge in [0.15, 0.2) is 11.5 Å². The lowest BCUT2D eigenvalue weighted by Crippen LogP contribution is -2.31. The van der Waals surface area contributed by atoms with E-state index in [4.69, 9.17) is 9.47 Å². The van der Waals surface area contributed by atoms with E-state index in [1.807, 2.05) is 47.0 Å². The number of methoxy groups -OCH3 is 2. The molecule has 34 heavy (non-hydrogen) atoms. The molecule has 0 fully saturated rings. The maximum atomic E-state index is 12.8. The zero-order valence-electron chi connectivity index (χ0n) is 19.5. The summed E-state index contributed by atoms with van der Waals surface area (Å²) >= 11 is 0. The Labute approximate surface area is 197 Å². The fraction of sp³-hybridized carbons (Fsp3) is 0.308. The Bertz CT molecular complexity index is 1430. The Kier molecular flexibility index (Phi) is 6.87. The van der Waals surface area contributed by atoms with Crippen LogP contribution in [0.5, 0.6) is 11.5 Å². The fourth-order valence-corrected chi connectivity index (χ4v) is 4.33. The average molecular weight is 461 g/mol. The topological polar surface area (TPSA) is 101 Å². The summed E-state index contributed by atoms with van der Waals surface area (Å²) in [7, 11) is 3.22. The Balaban J connectivity index is 1.51. The minimum absolute atomic E-state index is 0.191. The number of benzene rings is 2. The first-order valence-corrected chi connectivity index (χ1v) is 11.1. The molecule has 8 nitrogen and oxygen atoms in total. The lowest BCUT2D eigenvalue weighted by molar-refractivity contribution is 0.154. The van der Waals surface area contributed by atoms with Gasteiger partial charge in [-0.05, 0) is 55.3 Å². The minimum atomic E-state index is -0.716. The number of hydrogen-bond acceptors (Lipinski definition) is 6. The van der Waals surface area contributed by atoms with Crippen molar-refractivity contribution in [2.24, 2.45) is 0 Å². The van der Waals surface area contributed by atoms with Crippen molar-refractivity contribution < 1.29 is 14.6 Å². The second kappa shape index (κ2) is 10.00. The second-order valence-corrected chi connectivity index (χ2v) is 8.21. The molecule has 0 radical (unpaired) electrons. The van der Waals surface area contributed by atoms with Gasteiger partial charge in [0.2, 0.25) is 0 Å². The zero-order chi connectivity index (χ0) is 24.2. The van der Waals surface area contributed by atoms with E-state index in [2.05, 4.69) is 11.4 Å². The van der Waals surface area contributed by atoms with Gasteiger partial charge in [0.05, 0.1) is 43.5 Å². The number of nitriles is 1. The highest BCUT2D eigenvalue weighted by Crippen LogP contribution is 2.27. The molecular weight excluding hydrogens is 432 g/mol. The molecule has 0 bridgehead atoms. The van der Waals surface area contributed by atoms with Crippen LogP contribution >= 0.6 is 0 Å². The highest BCUT2D eigenvalue weighted by Gasteiger charge is 2.19. The molecule has 0 aliphatic rings. The molecule has 8 heteroatoms. The van der Waals surface area contributed by atoms with Crippen LogP contribution in [0.2, 0.25) is 0 Å². The summed E-state index contributed by atoms with van der Waals surface area (Å²) in [6, 6.07) is 17.0. The van der Waals surface area contributed by atoms with Crippen molar-refractivity contribution in [3.8, 4) is 17.6 Å². The van der Waals surface area contributed by atoms with Crippen LogP contribution in [0.3, 0.4) is 0 Å². The van der Waals surface area contributed by atoms with Gasteiger partial charge in [-0.3, -0.25) is 9.20 Å². The van der Waals surface area contributed by atoms with E-state index in [1.54, 1.807) is 25.5 Å². The lowest BCUT2D eigenvalue weighted by Gasteiger charge is -2.15. The molecule has 1 unspecified atom stereocenters. The van der Waals surface area contributed by atoms with Gasteiger partial charge in [-0.25, -0.2) is 0 Å². The molecule has 2 N–H and O–H groups in total. The number of ether oxygens (including phenoxy) is 2. The zero-order valence-corrected chi connectivity index (χ0v) is 19.5. The fourth-order valence-electron chi connectivity index (χ4n) is 4.33. The monoisotopic (exact) mass is 460 g/mol. The number of hydrogen-bond donors (Lipinski definition) is 2. The third kappa shape index (κ3) is 4.36. The molecule has 4 aromatic rings. The quantitative estimate of drug-likeness (QED) is 0.373. The number of aromatic nitrogens is 2. The standard InChI is InChI=1S/C26H28N4O4/c1-17-12-25(32)30-22-7-5-4-6-21(22)29(26(30)20(17)14-27)16-19(31)15-28-11-10-18-8-9-23(33-2)24(13-18)34-3/h4-9,12-13,19,28,31H,10-11,15-16H2,1-3H3. The lowest BCUT2D eigenvalue weighted by atomic mass is 10.1. The van der Waals surface area contributed by atoms with Gasteiger partial charge < -0.3 is 24.5 Å². The molecule has 0 aliphatic heterocycles. The van der Waals surface area contributed by atoms with Crippen LogP contribution in [0.1, 0.15) is 16.7 Å². The molecule has 2 aromatic heterocycles. The van der Waals surface area contributed by atoms with Crippen molar-refractivity contribution in [3.63, 3.8) is 0 Å². The summed E-state index contributed by atoms with van der Waals surface area (Å²) in [5.41, 5.74) is 3.99. The summed E-state index contributed by atoms with van der Waals surface area (Å²) in [6.07, 6.45) is 0.0440. The number of nitrogens with zero attached hydrogens (tertiary/aromatic N) is 3. The predicted molar refractivity (Wildman–Crippen MR) is 131 cm³/mol. The van der Waals surface area contributed by atoms with E-state index < -0.39 is 6.10 Å². The van der Waals surface area contributed by atoms with E-state index in [1.165, 1.54) is 6.07 Å². The summed E-state index contributed by atoms with van der Waals surface area (Å²) in [4.78, 5) is 12.8. The third-order valence-electron chi connectivity index (χ3n) is 5.98. The van der Waals surface area contributed by atoms with Crippen molar-refractivity contribution in [1.29, 1.82) is 5.26 Å². The third-order valence-corrected chi connectivity index (χ3v) is 5.98. The van der Waals surface area contributed by atoms with Crippen molar-refractivity contribution in [2.45, 2.75) is 26.0 Å². The van der Waals surface area contributed by atoms with E-state index in [9.17, 15) is 15.2 Å².